The fraction of sp³-hybridized carbons (Fsp3) is 0.250. The Bertz CT molecular complexity index is 273. The van der Waals surface area contributed by atoms with Gasteiger partial charge in [0.1, 0.15) is 5.75 Å². The third kappa shape index (κ3) is 1.88. The molecule has 0 amide bonds. The minimum absolute atomic E-state index is 0.295. The third-order valence-corrected chi connectivity index (χ3v) is 2.23. The van der Waals surface area contributed by atoms with Crippen molar-refractivity contribution in [3.05, 3.63) is 27.7 Å². The summed E-state index contributed by atoms with van der Waals surface area (Å²) < 4.78 is 0.948. The molecule has 0 radical (unpaired) electrons. The molecule has 0 saturated heterocycles. The number of phenols is 1. The maximum Gasteiger partial charge on any atom is 0.122 e. The molecule has 0 spiro atoms. The lowest BCUT2D eigenvalue weighted by atomic mass is 10.1. The highest BCUT2D eigenvalue weighted by atomic mass is 79.9. The first kappa shape index (κ1) is 8.88. The average Bonchev–Trinajstić information content (AvgIpc) is 1.96. The molecule has 0 atom stereocenters. The summed E-state index contributed by atoms with van der Waals surface area (Å²) in [5.41, 5.74) is 1.61. The van der Waals surface area contributed by atoms with Crippen LogP contribution in [-0.4, -0.2) is 5.11 Å². The SMILES string of the molecule is Cc1cc(Br)cc(CCl)c1O. The Hall–Kier alpha value is -0.210. The largest absolute Gasteiger partial charge is 0.507 e. The Morgan fingerprint density at radius 3 is 2.73 bits per heavy atom. The number of alkyl halides is 1. The van der Waals surface area contributed by atoms with Crippen molar-refractivity contribution in [2.24, 2.45) is 0 Å². The Morgan fingerprint density at radius 1 is 1.55 bits per heavy atom. The zero-order chi connectivity index (χ0) is 8.43. The number of phenolic OH excluding ortho intramolecular Hbond substituents is 1. The molecule has 0 fully saturated rings. The van der Waals surface area contributed by atoms with Crippen molar-refractivity contribution in [3.63, 3.8) is 0 Å². The van der Waals surface area contributed by atoms with Crippen molar-refractivity contribution in [2.45, 2.75) is 12.8 Å². The maximum absolute atomic E-state index is 9.42. The van der Waals surface area contributed by atoms with E-state index < -0.39 is 0 Å². The quantitative estimate of drug-likeness (QED) is 0.741. The zero-order valence-electron chi connectivity index (χ0n) is 6.06. The van der Waals surface area contributed by atoms with Gasteiger partial charge in [-0.1, -0.05) is 15.9 Å². The van der Waals surface area contributed by atoms with Crippen molar-refractivity contribution in [1.29, 1.82) is 0 Å². The molecule has 0 aromatic heterocycles. The van der Waals surface area contributed by atoms with Crippen LogP contribution in [0.4, 0.5) is 0 Å². The fourth-order valence-electron chi connectivity index (χ4n) is 0.907. The zero-order valence-corrected chi connectivity index (χ0v) is 8.41. The minimum atomic E-state index is 0.295. The predicted octanol–water partition coefficient (Wildman–Crippen LogP) is 3.20. The molecule has 0 unspecified atom stereocenters. The van der Waals surface area contributed by atoms with E-state index >= 15 is 0 Å². The van der Waals surface area contributed by atoms with Gasteiger partial charge >= 0.3 is 0 Å². The molecule has 0 aliphatic rings. The van der Waals surface area contributed by atoms with E-state index in [9.17, 15) is 5.11 Å². The number of benzene rings is 1. The first-order valence-electron chi connectivity index (χ1n) is 3.19. The van der Waals surface area contributed by atoms with Gasteiger partial charge in [-0.25, -0.2) is 0 Å². The van der Waals surface area contributed by atoms with Crippen LogP contribution in [0.5, 0.6) is 5.75 Å². The lowest BCUT2D eigenvalue weighted by Gasteiger charge is -2.04. The number of rotatable bonds is 1. The summed E-state index contributed by atoms with van der Waals surface area (Å²) in [6.45, 7) is 1.84. The molecular weight excluding hydrogens is 227 g/mol. The summed E-state index contributed by atoms with van der Waals surface area (Å²) in [7, 11) is 0. The topological polar surface area (TPSA) is 20.2 Å². The number of halogens is 2. The highest BCUT2D eigenvalue weighted by Gasteiger charge is 2.03. The summed E-state index contributed by atoms with van der Waals surface area (Å²) in [4.78, 5) is 0. The Kier molecular flexibility index (Phi) is 2.79. The highest BCUT2D eigenvalue weighted by Crippen LogP contribution is 2.27. The van der Waals surface area contributed by atoms with Crippen LogP contribution in [0.3, 0.4) is 0 Å². The van der Waals surface area contributed by atoms with Gasteiger partial charge in [0.2, 0.25) is 0 Å². The summed E-state index contributed by atoms with van der Waals surface area (Å²) in [6.07, 6.45) is 0. The van der Waals surface area contributed by atoms with Gasteiger partial charge in [0, 0.05) is 10.0 Å². The number of hydrogen-bond acceptors (Lipinski definition) is 1. The maximum atomic E-state index is 9.42. The van der Waals surface area contributed by atoms with Gasteiger partial charge in [0.25, 0.3) is 0 Å². The second kappa shape index (κ2) is 3.46. The molecule has 1 aromatic carbocycles. The van der Waals surface area contributed by atoms with E-state index in [0.29, 0.717) is 11.6 Å². The molecule has 11 heavy (non-hydrogen) atoms. The van der Waals surface area contributed by atoms with E-state index in [0.717, 1.165) is 15.6 Å². The number of hydrogen-bond donors (Lipinski definition) is 1. The van der Waals surface area contributed by atoms with Gasteiger partial charge in [-0.15, -0.1) is 11.6 Å². The van der Waals surface area contributed by atoms with Crippen LogP contribution in [-0.2, 0) is 5.88 Å². The first-order valence-corrected chi connectivity index (χ1v) is 4.52. The molecule has 0 aliphatic heterocycles. The van der Waals surface area contributed by atoms with E-state index in [-0.39, 0.29) is 0 Å². The van der Waals surface area contributed by atoms with Gasteiger partial charge in [-0.2, -0.15) is 0 Å². The predicted molar refractivity (Wildman–Crippen MR) is 50.1 cm³/mol. The van der Waals surface area contributed by atoms with Crippen LogP contribution in [0.2, 0.25) is 0 Å². The Balaban J connectivity index is 3.24. The smallest absolute Gasteiger partial charge is 0.122 e. The van der Waals surface area contributed by atoms with Gasteiger partial charge < -0.3 is 5.11 Å². The van der Waals surface area contributed by atoms with E-state index in [1.807, 2.05) is 19.1 Å². The van der Waals surface area contributed by atoms with Crippen molar-refractivity contribution in [2.75, 3.05) is 0 Å². The van der Waals surface area contributed by atoms with Crippen molar-refractivity contribution >= 4 is 27.5 Å². The highest BCUT2D eigenvalue weighted by molar-refractivity contribution is 9.10. The molecule has 1 aromatic rings. The molecule has 1 N–H and O–H groups in total. The van der Waals surface area contributed by atoms with Crippen molar-refractivity contribution < 1.29 is 5.11 Å². The second-order valence-corrected chi connectivity index (χ2v) is 3.55. The number of aryl methyl sites for hydroxylation is 1. The molecule has 1 nitrogen and oxygen atoms in total. The van der Waals surface area contributed by atoms with Crippen LogP contribution in [0.25, 0.3) is 0 Å². The standard InChI is InChI=1S/C8H8BrClO/c1-5-2-7(9)3-6(4-10)8(5)11/h2-3,11H,4H2,1H3. The summed E-state index contributed by atoms with van der Waals surface area (Å²) in [5, 5.41) is 9.42. The first-order chi connectivity index (χ1) is 5.15. The Labute approximate surface area is 79.1 Å². The van der Waals surface area contributed by atoms with Gasteiger partial charge in [0.15, 0.2) is 0 Å². The molecule has 1 rings (SSSR count). The van der Waals surface area contributed by atoms with Crippen LogP contribution in [0.15, 0.2) is 16.6 Å². The van der Waals surface area contributed by atoms with E-state index in [1.165, 1.54) is 0 Å². The molecule has 0 saturated carbocycles. The normalized spacial score (nSPS) is 10.1. The fourth-order valence-corrected chi connectivity index (χ4v) is 1.73. The van der Waals surface area contributed by atoms with Crippen molar-refractivity contribution in [3.8, 4) is 5.75 Å². The second-order valence-electron chi connectivity index (χ2n) is 2.36. The van der Waals surface area contributed by atoms with E-state index in [4.69, 9.17) is 11.6 Å². The van der Waals surface area contributed by atoms with E-state index in [1.54, 1.807) is 0 Å². The summed E-state index contributed by atoms with van der Waals surface area (Å²) >= 11 is 8.91. The Morgan fingerprint density at radius 2 is 2.18 bits per heavy atom. The lowest BCUT2D eigenvalue weighted by Crippen LogP contribution is -1.83. The monoisotopic (exact) mass is 234 g/mol. The minimum Gasteiger partial charge on any atom is -0.507 e. The lowest BCUT2D eigenvalue weighted by molar-refractivity contribution is 0.466. The average molecular weight is 236 g/mol. The molecule has 0 heterocycles. The van der Waals surface area contributed by atoms with Gasteiger partial charge in [0.05, 0.1) is 5.88 Å². The van der Waals surface area contributed by atoms with Crippen LogP contribution in [0, 0.1) is 6.92 Å². The molecule has 0 aliphatic carbocycles. The van der Waals surface area contributed by atoms with Crippen molar-refractivity contribution in [1.82, 2.24) is 0 Å². The number of aromatic hydroxyl groups is 1. The molecule has 0 bridgehead atoms. The molecule has 3 heteroatoms. The third-order valence-electron chi connectivity index (χ3n) is 1.49. The van der Waals surface area contributed by atoms with E-state index in [2.05, 4.69) is 15.9 Å². The van der Waals surface area contributed by atoms with Gasteiger partial charge in [-0.05, 0) is 24.6 Å². The molecular formula is C8H8BrClO. The summed E-state index contributed by atoms with van der Waals surface area (Å²) in [6, 6.07) is 3.67. The van der Waals surface area contributed by atoms with Gasteiger partial charge in [-0.3, -0.25) is 0 Å². The summed E-state index contributed by atoms with van der Waals surface area (Å²) in [5.74, 6) is 0.634. The van der Waals surface area contributed by atoms with Crippen LogP contribution in [0.1, 0.15) is 11.1 Å². The molecule has 60 valence electrons. The van der Waals surface area contributed by atoms with Crippen LogP contribution < -0.4 is 0 Å². The van der Waals surface area contributed by atoms with Crippen LogP contribution >= 0.6 is 27.5 Å².